The van der Waals surface area contributed by atoms with Crippen molar-refractivity contribution in [2.75, 3.05) is 36.2 Å². The minimum atomic E-state index is -0.455. The number of halogens is 2. The van der Waals surface area contributed by atoms with Crippen molar-refractivity contribution in [3.05, 3.63) is 42.0 Å². The minimum Gasteiger partial charge on any atom is -0.481 e. The molecule has 1 amide bonds. The lowest BCUT2D eigenvalue weighted by Crippen LogP contribution is -2.40. The summed E-state index contributed by atoms with van der Waals surface area (Å²) in [5.74, 6) is 1.03. The molecule has 2 fully saturated rings. The molecule has 1 saturated carbocycles. The van der Waals surface area contributed by atoms with Gasteiger partial charge >= 0.3 is 0 Å². The highest BCUT2D eigenvalue weighted by Gasteiger charge is 2.46. The molecule has 3 N–H and O–H groups in total. The number of hydrogen-bond donors (Lipinski definition) is 3. The second-order valence-electron chi connectivity index (χ2n) is 10.1. The number of rotatable bonds is 5. The van der Waals surface area contributed by atoms with E-state index in [1.54, 1.807) is 19.2 Å². The standard InChI is InChI=1S/C26H29FN6O3S.ClH/c1-36-22-5-3-17-23(32-22)24(16(27)13-29-17)33-8-6-26(7-9-33)10-18(19(34)11-26)28-12-15-2-4-20-25(30-15)31-21(35)14-37-20;/h2-5,13,18-19,28,34H,6-12,14H2,1H3,(H,30,31,35);1H/t18-,19+;/m0./s1. The molecule has 0 unspecified atom stereocenters. The van der Waals surface area contributed by atoms with Crippen molar-refractivity contribution in [2.45, 2.75) is 49.3 Å². The molecule has 0 aromatic carbocycles. The topological polar surface area (TPSA) is 113 Å². The Bertz CT molecular complexity index is 1360. The van der Waals surface area contributed by atoms with Crippen molar-refractivity contribution >= 4 is 52.6 Å². The molecule has 0 bridgehead atoms. The van der Waals surface area contributed by atoms with Gasteiger partial charge in [0.25, 0.3) is 0 Å². The second-order valence-corrected chi connectivity index (χ2v) is 11.1. The van der Waals surface area contributed by atoms with Gasteiger partial charge in [-0.1, -0.05) is 0 Å². The van der Waals surface area contributed by atoms with E-state index in [9.17, 15) is 14.3 Å². The second kappa shape index (κ2) is 10.8. The Morgan fingerprint density at radius 1 is 1.24 bits per heavy atom. The maximum absolute atomic E-state index is 15.0. The fourth-order valence-corrected chi connectivity index (χ4v) is 6.62. The zero-order chi connectivity index (χ0) is 25.6. The summed E-state index contributed by atoms with van der Waals surface area (Å²) in [6, 6.07) is 7.42. The van der Waals surface area contributed by atoms with Crippen LogP contribution in [0.4, 0.5) is 15.9 Å². The number of thioether (sulfide) groups is 1. The number of aliphatic hydroxyl groups excluding tert-OH is 1. The van der Waals surface area contributed by atoms with E-state index in [0.717, 1.165) is 29.9 Å². The highest BCUT2D eigenvalue weighted by Crippen LogP contribution is 2.47. The van der Waals surface area contributed by atoms with Gasteiger partial charge in [0.05, 0.1) is 41.3 Å². The first-order chi connectivity index (χ1) is 17.9. The first-order valence-corrected chi connectivity index (χ1v) is 13.5. The van der Waals surface area contributed by atoms with Gasteiger partial charge in [0.15, 0.2) is 5.82 Å². The van der Waals surface area contributed by atoms with E-state index in [2.05, 4.69) is 25.6 Å². The summed E-state index contributed by atoms with van der Waals surface area (Å²) in [5.41, 5.74) is 2.44. The summed E-state index contributed by atoms with van der Waals surface area (Å²) in [6.45, 7) is 1.87. The zero-order valence-electron chi connectivity index (χ0n) is 20.9. The largest absolute Gasteiger partial charge is 0.481 e. The molecule has 6 rings (SSSR count). The van der Waals surface area contributed by atoms with Crippen molar-refractivity contribution in [3.8, 4) is 5.88 Å². The van der Waals surface area contributed by atoms with E-state index >= 15 is 0 Å². The number of nitrogens with zero attached hydrogens (tertiary/aromatic N) is 4. The lowest BCUT2D eigenvalue weighted by molar-refractivity contribution is -0.113. The fraction of sp³-hybridized carbons (Fsp3) is 0.462. The quantitative estimate of drug-likeness (QED) is 0.431. The Balaban J connectivity index is 0.00000294. The van der Waals surface area contributed by atoms with Crippen molar-refractivity contribution in [3.63, 3.8) is 0 Å². The molecule has 5 heterocycles. The summed E-state index contributed by atoms with van der Waals surface area (Å²) in [7, 11) is 1.54. The number of hydrogen-bond acceptors (Lipinski definition) is 9. The predicted octanol–water partition coefficient (Wildman–Crippen LogP) is 3.54. The van der Waals surface area contributed by atoms with Gasteiger partial charge in [-0.25, -0.2) is 14.4 Å². The van der Waals surface area contributed by atoms with E-state index in [1.807, 2.05) is 17.0 Å². The molecule has 3 aromatic rings. The van der Waals surface area contributed by atoms with E-state index in [0.29, 0.717) is 60.2 Å². The van der Waals surface area contributed by atoms with Crippen LogP contribution in [0.3, 0.4) is 0 Å². The lowest BCUT2D eigenvalue weighted by atomic mass is 9.76. The van der Waals surface area contributed by atoms with E-state index in [1.165, 1.54) is 18.0 Å². The van der Waals surface area contributed by atoms with Gasteiger partial charge in [-0.3, -0.25) is 9.78 Å². The van der Waals surface area contributed by atoms with Crippen molar-refractivity contribution in [2.24, 2.45) is 5.41 Å². The number of carbonyl (C=O) groups is 1. The van der Waals surface area contributed by atoms with Gasteiger partial charge in [0.2, 0.25) is 11.8 Å². The van der Waals surface area contributed by atoms with E-state index in [-0.39, 0.29) is 35.6 Å². The van der Waals surface area contributed by atoms with Crippen LogP contribution in [0.5, 0.6) is 5.88 Å². The molecule has 202 valence electrons. The predicted molar refractivity (Wildman–Crippen MR) is 147 cm³/mol. The summed E-state index contributed by atoms with van der Waals surface area (Å²) < 4.78 is 20.2. The van der Waals surface area contributed by atoms with Crippen LogP contribution in [-0.4, -0.2) is 64.1 Å². The minimum absolute atomic E-state index is 0. The number of carbonyl (C=O) groups excluding carboxylic acids is 1. The SMILES string of the molecule is COc1ccc2ncc(F)c(N3CCC4(CC3)C[C@@H](O)[C@@H](NCc3ccc5c(n3)NC(=O)CS5)C4)c2n1.Cl. The molecule has 1 aliphatic carbocycles. The van der Waals surface area contributed by atoms with Crippen molar-refractivity contribution in [1.82, 2.24) is 20.3 Å². The maximum Gasteiger partial charge on any atom is 0.235 e. The van der Waals surface area contributed by atoms with Gasteiger partial charge in [-0.2, -0.15) is 0 Å². The fourth-order valence-electron chi connectivity index (χ4n) is 5.86. The number of aromatic nitrogens is 3. The zero-order valence-corrected chi connectivity index (χ0v) is 22.6. The van der Waals surface area contributed by atoms with E-state index < -0.39 is 6.10 Å². The van der Waals surface area contributed by atoms with Crippen LogP contribution >= 0.6 is 24.2 Å². The van der Waals surface area contributed by atoms with Gasteiger partial charge in [-0.15, -0.1) is 24.2 Å². The number of nitrogens with one attached hydrogen (secondary N) is 2. The van der Waals surface area contributed by atoms with Crippen LogP contribution in [-0.2, 0) is 11.3 Å². The monoisotopic (exact) mass is 560 g/mol. The molecule has 12 heteroatoms. The summed E-state index contributed by atoms with van der Waals surface area (Å²) in [4.78, 5) is 28.0. The molecule has 3 aliphatic rings. The molecule has 2 aliphatic heterocycles. The molecular formula is C26H30ClFN6O3S. The third-order valence-corrected chi connectivity index (χ3v) is 8.85. The average molecular weight is 561 g/mol. The molecule has 1 saturated heterocycles. The molecule has 0 radical (unpaired) electrons. The summed E-state index contributed by atoms with van der Waals surface area (Å²) in [5, 5.41) is 17.2. The van der Waals surface area contributed by atoms with Crippen molar-refractivity contribution in [1.29, 1.82) is 0 Å². The number of piperidine rings is 1. The molecule has 3 aromatic heterocycles. The van der Waals surface area contributed by atoms with Crippen LogP contribution in [0.25, 0.3) is 11.0 Å². The number of anilines is 2. The Kier molecular flexibility index (Phi) is 7.63. The van der Waals surface area contributed by atoms with Crippen LogP contribution in [0.1, 0.15) is 31.4 Å². The highest BCUT2D eigenvalue weighted by molar-refractivity contribution is 8.00. The molecule has 9 nitrogen and oxygen atoms in total. The Hall–Kier alpha value is -2.73. The third-order valence-electron chi connectivity index (χ3n) is 7.80. The number of methoxy groups -OCH3 is 1. The van der Waals surface area contributed by atoms with Gasteiger partial charge in [0, 0.05) is 31.7 Å². The Morgan fingerprint density at radius 3 is 2.84 bits per heavy atom. The number of fused-ring (bicyclic) bond motifs is 2. The van der Waals surface area contributed by atoms with Gasteiger partial charge < -0.3 is 25.4 Å². The van der Waals surface area contributed by atoms with Crippen LogP contribution in [0.2, 0.25) is 0 Å². The normalized spacial score (nSPS) is 22.2. The summed E-state index contributed by atoms with van der Waals surface area (Å²) >= 11 is 1.49. The summed E-state index contributed by atoms with van der Waals surface area (Å²) in [6.07, 6.45) is 4.09. The molecule has 38 heavy (non-hydrogen) atoms. The van der Waals surface area contributed by atoms with Gasteiger partial charge in [-0.05, 0) is 49.3 Å². The van der Waals surface area contributed by atoms with Crippen molar-refractivity contribution < 1.29 is 19.0 Å². The van der Waals surface area contributed by atoms with Crippen LogP contribution in [0, 0.1) is 11.2 Å². The first kappa shape index (κ1) is 26.9. The first-order valence-electron chi connectivity index (χ1n) is 12.5. The number of aliphatic hydroxyl groups is 1. The smallest absolute Gasteiger partial charge is 0.235 e. The van der Waals surface area contributed by atoms with E-state index in [4.69, 9.17) is 4.74 Å². The average Bonchev–Trinajstić information content (AvgIpc) is 3.21. The maximum atomic E-state index is 15.0. The lowest BCUT2D eigenvalue weighted by Gasteiger charge is -2.40. The Morgan fingerprint density at radius 2 is 2.05 bits per heavy atom. The molecule has 2 atom stereocenters. The highest BCUT2D eigenvalue weighted by atomic mass is 35.5. The molecule has 1 spiro atoms. The number of ether oxygens (including phenoxy) is 1. The Labute approximate surface area is 230 Å². The van der Waals surface area contributed by atoms with Gasteiger partial charge in [0.1, 0.15) is 17.0 Å². The number of pyridine rings is 3. The third kappa shape index (κ3) is 5.12. The van der Waals surface area contributed by atoms with Crippen LogP contribution in [0.15, 0.2) is 35.4 Å². The molecular weight excluding hydrogens is 531 g/mol. The van der Waals surface area contributed by atoms with Crippen LogP contribution < -0.4 is 20.3 Å². The number of amides is 1.